The summed E-state index contributed by atoms with van der Waals surface area (Å²) < 4.78 is 0. The highest BCUT2D eigenvalue weighted by Crippen LogP contribution is 2.33. The maximum atomic E-state index is 11.9. The SMILES string of the molecule is CC#CCNC(=O)N1CCCC(CC)(C(=O)O)C1. The number of carboxylic acids is 1. The molecule has 5 nitrogen and oxygen atoms in total. The van der Waals surface area contributed by atoms with E-state index in [1.54, 1.807) is 11.8 Å². The van der Waals surface area contributed by atoms with Crippen LogP contribution in [0.1, 0.15) is 33.1 Å². The topological polar surface area (TPSA) is 69.6 Å². The molecule has 2 amide bonds. The molecule has 5 heteroatoms. The van der Waals surface area contributed by atoms with Gasteiger partial charge in [0.2, 0.25) is 0 Å². The van der Waals surface area contributed by atoms with Crippen LogP contribution in [0.25, 0.3) is 0 Å². The third-order valence-corrected chi connectivity index (χ3v) is 3.50. The first kappa shape index (κ1) is 14.4. The van der Waals surface area contributed by atoms with Crippen LogP contribution >= 0.6 is 0 Å². The zero-order valence-electron chi connectivity index (χ0n) is 11.0. The molecule has 0 bridgehead atoms. The molecule has 1 fully saturated rings. The van der Waals surface area contributed by atoms with Crippen molar-refractivity contribution in [3.05, 3.63) is 0 Å². The summed E-state index contributed by atoms with van der Waals surface area (Å²) in [6.07, 6.45) is 1.91. The Morgan fingerprint density at radius 2 is 2.22 bits per heavy atom. The number of urea groups is 1. The quantitative estimate of drug-likeness (QED) is 0.744. The highest BCUT2D eigenvalue weighted by atomic mass is 16.4. The normalized spacial score (nSPS) is 22.9. The maximum absolute atomic E-state index is 11.9. The minimum atomic E-state index is -0.809. The second kappa shape index (κ2) is 6.29. The molecule has 100 valence electrons. The number of carbonyl (C=O) groups is 2. The van der Waals surface area contributed by atoms with Gasteiger partial charge in [-0.2, -0.15) is 0 Å². The molecule has 1 rings (SSSR count). The number of amides is 2. The van der Waals surface area contributed by atoms with E-state index in [2.05, 4.69) is 17.2 Å². The molecule has 1 atom stereocenters. The van der Waals surface area contributed by atoms with E-state index in [1.807, 2.05) is 6.92 Å². The molecule has 1 unspecified atom stereocenters. The van der Waals surface area contributed by atoms with Crippen molar-refractivity contribution in [2.45, 2.75) is 33.1 Å². The Balaban J connectivity index is 2.64. The van der Waals surface area contributed by atoms with Crippen molar-refractivity contribution in [3.8, 4) is 11.8 Å². The van der Waals surface area contributed by atoms with Crippen LogP contribution in [-0.4, -0.2) is 41.6 Å². The van der Waals surface area contributed by atoms with Crippen LogP contribution in [-0.2, 0) is 4.79 Å². The maximum Gasteiger partial charge on any atom is 0.318 e. The Bertz CT molecular complexity index is 383. The van der Waals surface area contributed by atoms with Gasteiger partial charge >= 0.3 is 12.0 Å². The van der Waals surface area contributed by atoms with Gasteiger partial charge in [-0.3, -0.25) is 4.79 Å². The molecular weight excluding hydrogens is 232 g/mol. The van der Waals surface area contributed by atoms with Crippen molar-refractivity contribution in [2.75, 3.05) is 19.6 Å². The molecule has 0 aliphatic carbocycles. The molecule has 0 saturated carbocycles. The lowest BCUT2D eigenvalue weighted by Gasteiger charge is -2.39. The zero-order chi connectivity index (χ0) is 13.6. The Morgan fingerprint density at radius 3 is 2.78 bits per heavy atom. The van der Waals surface area contributed by atoms with E-state index in [0.29, 0.717) is 25.9 Å². The fourth-order valence-corrected chi connectivity index (χ4v) is 2.24. The Labute approximate surface area is 108 Å². The number of carboxylic acid groups (broad SMARTS) is 1. The second-order valence-corrected chi connectivity index (χ2v) is 4.55. The summed E-state index contributed by atoms with van der Waals surface area (Å²) >= 11 is 0. The van der Waals surface area contributed by atoms with Crippen molar-refractivity contribution in [3.63, 3.8) is 0 Å². The number of hydrogen-bond acceptors (Lipinski definition) is 2. The van der Waals surface area contributed by atoms with E-state index in [-0.39, 0.29) is 12.6 Å². The molecule has 0 aromatic rings. The smallest absolute Gasteiger partial charge is 0.318 e. The van der Waals surface area contributed by atoms with Crippen LogP contribution in [0.15, 0.2) is 0 Å². The molecule has 1 aliphatic heterocycles. The number of nitrogens with zero attached hydrogens (tertiary/aromatic N) is 1. The number of piperidine rings is 1. The standard InChI is InChI=1S/C13H20N2O3/c1-3-5-8-14-12(18)15-9-6-7-13(4-2,10-15)11(16)17/h4,6-10H2,1-2H3,(H,14,18)(H,16,17). The minimum Gasteiger partial charge on any atom is -0.481 e. The van der Waals surface area contributed by atoms with Crippen LogP contribution in [0.5, 0.6) is 0 Å². The molecule has 0 aromatic heterocycles. The van der Waals surface area contributed by atoms with E-state index in [0.717, 1.165) is 6.42 Å². The van der Waals surface area contributed by atoms with Gasteiger partial charge < -0.3 is 15.3 Å². The first-order valence-corrected chi connectivity index (χ1v) is 6.21. The molecule has 0 radical (unpaired) electrons. The van der Waals surface area contributed by atoms with Gasteiger partial charge in [0.1, 0.15) is 0 Å². The predicted molar refractivity (Wildman–Crippen MR) is 68.0 cm³/mol. The lowest BCUT2D eigenvalue weighted by Crippen LogP contribution is -2.52. The third kappa shape index (κ3) is 3.16. The lowest BCUT2D eigenvalue weighted by atomic mass is 9.78. The van der Waals surface area contributed by atoms with Gasteiger partial charge in [-0.1, -0.05) is 12.8 Å². The van der Waals surface area contributed by atoms with Crippen LogP contribution in [0.2, 0.25) is 0 Å². The van der Waals surface area contributed by atoms with Gasteiger partial charge in [-0.15, -0.1) is 5.92 Å². The summed E-state index contributed by atoms with van der Waals surface area (Å²) in [5.41, 5.74) is -0.786. The lowest BCUT2D eigenvalue weighted by molar-refractivity contribution is -0.152. The van der Waals surface area contributed by atoms with Crippen LogP contribution in [0.4, 0.5) is 4.79 Å². The van der Waals surface area contributed by atoms with Gasteiger partial charge in [0, 0.05) is 13.1 Å². The number of nitrogens with one attached hydrogen (secondary N) is 1. The van der Waals surface area contributed by atoms with E-state index in [4.69, 9.17) is 0 Å². The number of likely N-dealkylation sites (tertiary alicyclic amines) is 1. The molecule has 0 aromatic carbocycles. The second-order valence-electron chi connectivity index (χ2n) is 4.55. The summed E-state index contributed by atoms with van der Waals surface area (Å²) in [6, 6.07) is -0.225. The summed E-state index contributed by atoms with van der Waals surface area (Å²) in [7, 11) is 0. The van der Waals surface area contributed by atoms with Gasteiger partial charge in [0.15, 0.2) is 0 Å². The largest absolute Gasteiger partial charge is 0.481 e. The third-order valence-electron chi connectivity index (χ3n) is 3.50. The molecule has 0 spiro atoms. The Morgan fingerprint density at radius 1 is 1.50 bits per heavy atom. The molecule has 1 aliphatic rings. The van der Waals surface area contributed by atoms with Crippen molar-refractivity contribution >= 4 is 12.0 Å². The van der Waals surface area contributed by atoms with E-state index in [1.165, 1.54) is 0 Å². The van der Waals surface area contributed by atoms with Crippen molar-refractivity contribution in [2.24, 2.45) is 5.41 Å². The first-order chi connectivity index (χ1) is 8.55. The Hall–Kier alpha value is -1.70. The van der Waals surface area contributed by atoms with E-state index >= 15 is 0 Å². The molecular formula is C13H20N2O3. The fraction of sp³-hybridized carbons (Fsp3) is 0.692. The number of hydrogen-bond donors (Lipinski definition) is 2. The predicted octanol–water partition coefficient (Wildman–Crippen LogP) is 1.30. The van der Waals surface area contributed by atoms with Gasteiger partial charge in [-0.25, -0.2) is 4.79 Å². The highest BCUT2D eigenvalue weighted by molar-refractivity contribution is 5.78. The van der Waals surface area contributed by atoms with Crippen molar-refractivity contribution in [1.82, 2.24) is 10.2 Å². The van der Waals surface area contributed by atoms with Gasteiger partial charge in [0.05, 0.1) is 12.0 Å². The first-order valence-electron chi connectivity index (χ1n) is 6.21. The van der Waals surface area contributed by atoms with Crippen LogP contribution in [0.3, 0.4) is 0 Å². The monoisotopic (exact) mass is 252 g/mol. The van der Waals surface area contributed by atoms with Crippen molar-refractivity contribution < 1.29 is 14.7 Å². The van der Waals surface area contributed by atoms with Crippen molar-refractivity contribution in [1.29, 1.82) is 0 Å². The summed E-state index contributed by atoms with van der Waals surface area (Å²) in [5.74, 6) is 4.64. The summed E-state index contributed by atoms with van der Waals surface area (Å²) in [6.45, 7) is 4.76. The highest BCUT2D eigenvalue weighted by Gasteiger charge is 2.41. The minimum absolute atomic E-state index is 0.225. The molecule has 2 N–H and O–H groups in total. The number of aliphatic carboxylic acids is 1. The molecule has 1 heterocycles. The number of rotatable bonds is 3. The summed E-state index contributed by atoms with van der Waals surface area (Å²) in [4.78, 5) is 24.8. The average Bonchev–Trinajstić information content (AvgIpc) is 2.38. The zero-order valence-corrected chi connectivity index (χ0v) is 11.0. The average molecular weight is 252 g/mol. The summed E-state index contributed by atoms with van der Waals surface area (Å²) in [5, 5.41) is 12.0. The number of carbonyl (C=O) groups excluding carboxylic acids is 1. The Kier molecular flexibility index (Phi) is 5.02. The fourth-order valence-electron chi connectivity index (χ4n) is 2.24. The van der Waals surface area contributed by atoms with Gasteiger partial charge in [-0.05, 0) is 26.2 Å². The van der Waals surface area contributed by atoms with Crippen LogP contribution < -0.4 is 5.32 Å². The van der Waals surface area contributed by atoms with Gasteiger partial charge in [0.25, 0.3) is 0 Å². The molecule has 1 saturated heterocycles. The molecule has 18 heavy (non-hydrogen) atoms. The van der Waals surface area contributed by atoms with Crippen LogP contribution in [0, 0.1) is 17.3 Å². The van der Waals surface area contributed by atoms with E-state index in [9.17, 15) is 14.7 Å². The van der Waals surface area contributed by atoms with E-state index < -0.39 is 11.4 Å².